The van der Waals surface area contributed by atoms with Crippen LogP contribution in [0.4, 0.5) is 0 Å². The molecule has 9 heteroatoms. The third-order valence-electron chi connectivity index (χ3n) is 6.62. The zero-order chi connectivity index (χ0) is 22.9. The molecule has 1 unspecified atom stereocenters. The molecule has 1 amide bonds. The molecule has 1 aliphatic heterocycles. The number of aryl methyl sites for hydroxylation is 1. The van der Waals surface area contributed by atoms with Crippen molar-refractivity contribution < 1.29 is 27.2 Å². The molecule has 1 aliphatic carbocycles. The highest BCUT2D eigenvalue weighted by molar-refractivity contribution is 7.91. The van der Waals surface area contributed by atoms with Gasteiger partial charge in [-0.3, -0.25) is 4.79 Å². The first kappa shape index (κ1) is 22.6. The molecular formula is C23H30N2O6S. The van der Waals surface area contributed by atoms with Crippen molar-refractivity contribution >= 4 is 21.7 Å². The molecule has 8 nitrogen and oxygen atoms in total. The van der Waals surface area contributed by atoms with Crippen LogP contribution in [0.3, 0.4) is 0 Å². The van der Waals surface area contributed by atoms with Crippen LogP contribution in [0.25, 0.3) is 0 Å². The van der Waals surface area contributed by atoms with E-state index in [1.807, 2.05) is 30.5 Å². The largest absolute Gasteiger partial charge is 0.467 e. The van der Waals surface area contributed by atoms with Gasteiger partial charge in [0.05, 0.1) is 29.9 Å². The second-order valence-corrected chi connectivity index (χ2v) is 11.1. The van der Waals surface area contributed by atoms with Gasteiger partial charge in [0, 0.05) is 23.5 Å². The van der Waals surface area contributed by atoms with Gasteiger partial charge in [0.15, 0.2) is 16.4 Å². The number of carbonyl (C=O) groups is 2. The number of aromatic nitrogens is 1. The van der Waals surface area contributed by atoms with E-state index in [4.69, 9.17) is 9.15 Å². The minimum atomic E-state index is -3.12. The van der Waals surface area contributed by atoms with Crippen molar-refractivity contribution in [2.75, 3.05) is 18.1 Å². The molecular weight excluding hydrogens is 432 g/mol. The third kappa shape index (κ3) is 4.77. The first-order valence-corrected chi connectivity index (χ1v) is 12.9. The summed E-state index contributed by atoms with van der Waals surface area (Å²) in [7, 11) is -3.12. The van der Waals surface area contributed by atoms with E-state index < -0.39 is 15.8 Å². The van der Waals surface area contributed by atoms with Crippen LogP contribution in [0.1, 0.15) is 59.6 Å². The van der Waals surface area contributed by atoms with Crippen molar-refractivity contribution in [1.82, 2.24) is 9.47 Å². The number of carbonyl (C=O) groups excluding carboxylic acids is 2. The van der Waals surface area contributed by atoms with Gasteiger partial charge in [0.1, 0.15) is 5.76 Å². The van der Waals surface area contributed by atoms with Crippen LogP contribution in [-0.2, 0) is 25.9 Å². The smallest absolute Gasteiger partial charge is 0.340 e. The Morgan fingerprint density at radius 1 is 1.19 bits per heavy atom. The monoisotopic (exact) mass is 462 g/mol. The standard InChI is InChI=1S/C23H30N2O6S/c1-16-12-21(17(2)24(16)13-20-8-5-10-30-20)23(27)31-14-22(26)25(18-6-3-4-7-18)19-9-11-32(28,29)15-19/h5,8,10,12,18-19H,3-4,6-7,9,11,13-15H2,1-2H3. The van der Waals surface area contributed by atoms with Gasteiger partial charge in [-0.1, -0.05) is 12.8 Å². The lowest BCUT2D eigenvalue weighted by Crippen LogP contribution is -2.48. The van der Waals surface area contributed by atoms with Crippen molar-refractivity contribution in [3.8, 4) is 0 Å². The van der Waals surface area contributed by atoms with Crippen molar-refractivity contribution in [1.29, 1.82) is 0 Å². The fraction of sp³-hybridized carbons (Fsp3) is 0.565. The van der Waals surface area contributed by atoms with Crippen molar-refractivity contribution in [3.63, 3.8) is 0 Å². The van der Waals surface area contributed by atoms with Crippen molar-refractivity contribution in [2.24, 2.45) is 0 Å². The van der Waals surface area contributed by atoms with Gasteiger partial charge in [-0.2, -0.15) is 0 Å². The summed E-state index contributed by atoms with van der Waals surface area (Å²) in [5.74, 6) is 0.0205. The van der Waals surface area contributed by atoms with E-state index in [1.165, 1.54) is 0 Å². The molecule has 2 aliphatic rings. The Balaban J connectivity index is 1.43. The Bertz CT molecular complexity index is 1080. The van der Waals surface area contributed by atoms with Crippen LogP contribution < -0.4 is 0 Å². The molecule has 1 saturated heterocycles. The number of rotatable bonds is 7. The Kier molecular flexibility index (Phi) is 6.46. The number of hydrogen-bond donors (Lipinski definition) is 0. The normalized spacial score (nSPS) is 20.5. The number of hydrogen-bond acceptors (Lipinski definition) is 6. The molecule has 0 aromatic carbocycles. The summed E-state index contributed by atoms with van der Waals surface area (Å²) in [6.45, 7) is 3.86. The second kappa shape index (κ2) is 9.13. The van der Waals surface area contributed by atoms with E-state index in [-0.39, 0.29) is 36.1 Å². The predicted molar refractivity (Wildman–Crippen MR) is 118 cm³/mol. The van der Waals surface area contributed by atoms with Crippen molar-refractivity contribution in [3.05, 3.63) is 47.2 Å². The molecule has 0 radical (unpaired) electrons. The molecule has 4 rings (SSSR count). The minimum Gasteiger partial charge on any atom is -0.467 e. The molecule has 32 heavy (non-hydrogen) atoms. The zero-order valence-electron chi connectivity index (χ0n) is 18.6. The maximum Gasteiger partial charge on any atom is 0.340 e. The Morgan fingerprint density at radius 2 is 1.94 bits per heavy atom. The van der Waals surface area contributed by atoms with Crippen LogP contribution in [0, 0.1) is 13.8 Å². The van der Waals surface area contributed by atoms with E-state index in [9.17, 15) is 18.0 Å². The summed E-state index contributed by atoms with van der Waals surface area (Å²) in [6.07, 6.45) is 5.83. The summed E-state index contributed by atoms with van der Waals surface area (Å²) >= 11 is 0. The lowest BCUT2D eigenvalue weighted by atomic mass is 10.1. The Hall–Kier alpha value is -2.55. The molecule has 0 spiro atoms. The number of sulfone groups is 1. The van der Waals surface area contributed by atoms with Gasteiger partial charge in [0.2, 0.25) is 0 Å². The van der Waals surface area contributed by atoms with Gasteiger partial charge in [-0.25, -0.2) is 13.2 Å². The average Bonchev–Trinajstić information content (AvgIpc) is 3.53. The first-order valence-electron chi connectivity index (χ1n) is 11.1. The van der Waals surface area contributed by atoms with Gasteiger partial charge >= 0.3 is 5.97 Å². The lowest BCUT2D eigenvalue weighted by Gasteiger charge is -2.33. The molecule has 0 N–H and O–H groups in total. The summed E-state index contributed by atoms with van der Waals surface area (Å²) in [5, 5.41) is 0. The molecule has 2 aromatic rings. The summed E-state index contributed by atoms with van der Waals surface area (Å²) in [4.78, 5) is 27.5. The summed E-state index contributed by atoms with van der Waals surface area (Å²) in [5.41, 5.74) is 2.05. The summed E-state index contributed by atoms with van der Waals surface area (Å²) in [6, 6.07) is 5.14. The molecule has 3 heterocycles. The number of esters is 1. The molecule has 2 fully saturated rings. The maximum absolute atomic E-state index is 13.1. The number of furan rings is 1. The van der Waals surface area contributed by atoms with Crippen LogP contribution in [-0.4, -0.2) is 60.0 Å². The lowest BCUT2D eigenvalue weighted by molar-refractivity contribution is -0.139. The number of ether oxygens (including phenoxy) is 1. The molecule has 174 valence electrons. The van der Waals surface area contributed by atoms with E-state index in [0.29, 0.717) is 18.5 Å². The van der Waals surface area contributed by atoms with Gasteiger partial charge in [0.25, 0.3) is 5.91 Å². The summed E-state index contributed by atoms with van der Waals surface area (Å²) < 4.78 is 36.8. The fourth-order valence-electron chi connectivity index (χ4n) is 4.97. The van der Waals surface area contributed by atoms with Crippen LogP contribution in [0.2, 0.25) is 0 Å². The van der Waals surface area contributed by atoms with Crippen LogP contribution in [0.15, 0.2) is 28.9 Å². The minimum absolute atomic E-state index is 0.00286. The quantitative estimate of drug-likeness (QED) is 0.587. The van der Waals surface area contributed by atoms with E-state index >= 15 is 0 Å². The Labute approximate surface area is 188 Å². The van der Waals surface area contributed by atoms with Crippen LogP contribution >= 0.6 is 0 Å². The highest BCUT2D eigenvalue weighted by Gasteiger charge is 2.39. The van der Waals surface area contributed by atoms with Gasteiger partial charge in [-0.05, 0) is 51.3 Å². The zero-order valence-corrected chi connectivity index (χ0v) is 19.4. The first-order chi connectivity index (χ1) is 15.2. The Morgan fingerprint density at radius 3 is 2.56 bits per heavy atom. The van der Waals surface area contributed by atoms with Crippen molar-refractivity contribution in [2.45, 2.75) is 64.6 Å². The third-order valence-corrected chi connectivity index (χ3v) is 8.37. The molecule has 0 bridgehead atoms. The number of nitrogens with zero attached hydrogens (tertiary/aromatic N) is 2. The van der Waals surface area contributed by atoms with E-state index in [1.54, 1.807) is 17.2 Å². The fourth-order valence-corrected chi connectivity index (χ4v) is 6.68. The van der Waals surface area contributed by atoms with E-state index in [0.717, 1.165) is 42.8 Å². The predicted octanol–water partition coefficient (Wildman–Crippen LogP) is 2.86. The average molecular weight is 463 g/mol. The van der Waals surface area contributed by atoms with Crippen LogP contribution in [0.5, 0.6) is 0 Å². The highest BCUT2D eigenvalue weighted by Crippen LogP contribution is 2.29. The number of amides is 1. The van der Waals surface area contributed by atoms with Gasteiger partial charge in [-0.15, -0.1) is 0 Å². The maximum atomic E-state index is 13.1. The topological polar surface area (TPSA) is 98.8 Å². The highest BCUT2D eigenvalue weighted by atomic mass is 32.2. The second-order valence-electron chi connectivity index (χ2n) is 8.82. The molecule has 1 saturated carbocycles. The van der Waals surface area contributed by atoms with Gasteiger partial charge < -0.3 is 18.6 Å². The SMILES string of the molecule is Cc1cc(C(=O)OCC(=O)N(C2CCCC2)C2CCS(=O)(=O)C2)c(C)n1Cc1ccco1. The van der Waals surface area contributed by atoms with E-state index in [2.05, 4.69) is 0 Å². The molecule has 2 aromatic heterocycles. The molecule has 1 atom stereocenters.